The third-order valence-electron chi connectivity index (χ3n) is 1.34. The summed E-state index contributed by atoms with van der Waals surface area (Å²) < 4.78 is 83.8. The molecule has 0 saturated carbocycles. The van der Waals surface area contributed by atoms with E-state index in [0.717, 1.165) is 0 Å². The average Bonchev–Trinajstić information content (AvgIpc) is 2.03. The number of rotatable bonds is 4. The molecule has 0 aromatic carbocycles. The summed E-state index contributed by atoms with van der Waals surface area (Å²) in [5.74, 6) is -11.1. The summed E-state index contributed by atoms with van der Waals surface area (Å²) in [5.41, 5.74) is 0. The Morgan fingerprint density at radius 1 is 1.00 bits per heavy atom. The first-order valence-electron chi connectivity index (χ1n) is 3.00. The molecule has 1 nitrogen and oxygen atoms in total. The Morgan fingerprint density at radius 3 is 1.62 bits per heavy atom. The molecule has 0 aliphatic carbocycles. The molecule has 1 N–H and O–H groups in total. The Balaban J connectivity index is 4.95. The summed E-state index contributed by atoms with van der Waals surface area (Å²) >= 11 is 0. The minimum absolute atomic E-state index is 0.363. The van der Waals surface area contributed by atoms with Crippen molar-refractivity contribution in [1.82, 2.24) is 5.32 Å². The van der Waals surface area contributed by atoms with Gasteiger partial charge in [-0.2, -0.15) is 26.3 Å². The van der Waals surface area contributed by atoms with Gasteiger partial charge in [0.1, 0.15) is 0 Å². The van der Waals surface area contributed by atoms with Crippen LogP contribution in [0, 0.1) is 0 Å². The van der Waals surface area contributed by atoms with E-state index in [1.54, 1.807) is 0 Å². The molecule has 0 aromatic heterocycles. The molecule has 13 heavy (non-hydrogen) atoms. The van der Waals surface area contributed by atoms with E-state index >= 15 is 0 Å². The van der Waals surface area contributed by atoms with Gasteiger partial charge in [-0.15, -0.1) is 0 Å². The molecular weight excluding hydrogens is 207 g/mol. The van der Waals surface area contributed by atoms with Crippen LogP contribution in [0.5, 0.6) is 0 Å². The van der Waals surface area contributed by atoms with Crippen molar-refractivity contribution < 1.29 is 30.7 Å². The van der Waals surface area contributed by atoms with Gasteiger partial charge in [-0.25, -0.2) is 4.39 Å². The Kier molecular flexibility index (Phi) is 3.18. The molecule has 0 amide bonds. The first-order chi connectivity index (χ1) is 5.62. The number of hydrogen-bond acceptors (Lipinski definition) is 1. The normalized spacial score (nSPS) is 14.8. The average molecular weight is 213 g/mol. The maximum Gasteiger partial charge on any atom is 0.388 e. The van der Waals surface area contributed by atoms with Gasteiger partial charge < -0.3 is 0 Å². The lowest BCUT2D eigenvalue weighted by molar-refractivity contribution is -0.319. The molecule has 0 aromatic rings. The van der Waals surface area contributed by atoms with Crippen molar-refractivity contribution in [3.63, 3.8) is 0 Å². The minimum atomic E-state index is -5.76. The molecule has 0 rings (SSSR count). The van der Waals surface area contributed by atoms with Crippen LogP contribution in [0.1, 0.15) is 0 Å². The van der Waals surface area contributed by atoms with Gasteiger partial charge in [0.05, 0.1) is 0 Å². The zero-order chi connectivity index (χ0) is 10.9. The van der Waals surface area contributed by atoms with Crippen molar-refractivity contribution in [3.8, 4) is 0 Å². The van der Waals surface area contributed by atoms with Crippen LogP contribution in [0.2, 0.25) is 0 Å². The van der Waals surface area contributed by atoms with E-state index < -0.39 is 24.6 Å². The fourth-order valence-corrected chi connectivity index (χ4v) is 0.471. The molecule has 80 valence electrons. The smallest absolute Gasteiger partial charge is 0.256 e. The van der Waals surface area contributed by atoms with Crippen LogP contribution in [0.15, 0.2) is 0 Å². The lowest BCUT2D eigenvalue weighted by atomic mass is 10.1. The molecule has 8 heteroatoms. The quantitative estimate of drug-likeness (QED) is 0.556. The van der Waals surface area contributed by atoms with E-state index in [2.05, 4.69) is 0 Å². The van der Waals surface area contributed by atoms with Crippen LogP contribution in [0.4, 0.5) is 30.7 Å². The SMILES string of the molecule is CNC(F)(F)C(F)(F)C(F)(F)CF. The third kappa shape index (κ3) is 1.87. The molecule has 0 aliphatic heterocycles. The molecule has 0 unspecified atom stereocenters. The molecule has 0 spiro atoms. The van der Waals surface area contributed by atoms with Crippen LogP contribution < -0.4 is 5.32 Å². The Bertz CT molecular complexity index is 160. The van der Waals surface area contributed by atoms with Gasteiger partial charge in [0, 0.05) is 0 Å². The van der Waals surface area contributed by atoms with E-state index in [0.29, 0.717) is 12.4 Å². The Morgan fingerprint density at radius 2 is 1.38 bits per heavy atom. The van der Waals surface area contributed by atoms with Crippen molar-refractivity contribution in [1.29, 1.82) is 0 Å². The molecule has 0 heterocycles. The largest absolute Gasteiger partial charge is 0.388 e. The molecular formula is C5H6F7N. The van der Waals surface area contributed by atoms with E-state index in [1.165, 1.54) is 0 Å². The summed E-state index contributed by atoms with van der Waals surface area (Å²) in [6, 6.07) is -5.15. The van der Waals surface area contributed by atoms with Crippen molar-refractivity contribution in [2.75, 3.05) is 13.7 Å². The van der Waals surface area contributed by atoms with Crippen molar-refractivity contribution in [2.45, 2.75) is 17.9 Å². The summed E-state index contributed by atoms with van der Waals surface area (Å²) in [6.45, 7) is -2.85. The molecule has 0 radical (unpaired) electrons. The van der Waals surface area contributed by atoms with Crippen LogP contribution in [-0.4, -0.2) is 31.6 Å². The van der Waals surface area contributed by atoms with Gasteiger partial charge in [-0.1, -0.05) is 0 Å². The second kappa shape index (κ2) is 3.32. The molecule has 0 saturated heterocycles. The summed E-state index contributed by atoms with van der Waals surface area (Å²) in [4.78, 5) is 0. The van der Waals surface area contributed by atoms with E-state index in [4.69, 9.17) is 0 Å². The number of halogens is 7. The fourth-order valence-electron chi connectivity index (χ4n) is 0.471. The summed E-state index contributed by atoms with van der Waals surface area (Å²) in [5, 5.41) is 0.692. The standard InChI is InChI=1S/C5H6F7N/c1-13-5(11,12)4(9,10)3(7,8)2-6/h13H,2H2,1H3. The lowest BCUT2D eigenvalue weighted by Gasteiger charge is -2.30. The zero-order valence-electron chi connectivity index (χ0n) is 6.35. The highest BCUT2D eigenvalue weighted by atomic mass is 19.3. The van der Waals surface area contributed by atoms with E-state index in [-0.39, 0.29) is 0 Å². The maximum atomic E-state index is 12.2. The second-order valence-electron chi connectivity index (χ2n) is 2.24. The topological polar surface area (TPSA) is 12.0 Å². The predicted octanol–water partition coefficient (Wildman–Crippen LogP) is 2.04. The van der Waals surface area contributed by atoms with Gasteiger partial charge in [0.2, 0.25) is 0 Å². The van der Waals surface area contributed by atoms with Gasteiger partial charge in [0.15, 0.2) is 6.67 Å². The van der Waals surface area contributed by atoms with Gasteiger partial charge in [0.25, 0.3) is 0 Å². The van der Waals surface area contributed by atoms with E-state index in [9.17, 15) is 30.7 Å². The molecule has 0 atom stereocenters. The van der Waals surface area contributed by atoms with Crippen LogP contribution in [-0.2, 0) is 0 Å². The number of hydrogen-bond donors (Lipinski definition) is 1. The highest BCUT2D eigenvalue weighted by Crippen LogP contribution is 2.44. The number of alkyl halides is 7. The van der Waals surface area contributed by atoms with Crippen molar-refractivity contribution >= 4 is 0 Å². The second-order valence-corrected chi connectivity index (χ2v) is 2.24. The summed E-state index contributed by atoms with van der Waals surface area (Å²) in [7, 11) is 0.363. The highest BCUT2D eigenvalue weighted by Gasteiger charge is 2.71. The molecule has 0 bridgehead atoms. The van der Waals surface area contributed by atoms with Crippen LogP contribution in [0.3, 0.4) is 0 Å². The zero-order valence-corrected chi connectivity index (χ0v) is 6.35. The Labute approximate surface area is 68.9 Å². The first-order valence-corrected chi connectivity index (χ1v) is 3.00. The van der Waals surface area contributed by atoms with Crippen molar-refractivity contribution in [3.05, 3.63) is 0 Å². The predicted molar refractivity (Wildman–Crippen MR) is 29.9 cm³/mol. The molecule has 0 aliphatic rings. The maximum absolute atomic E-state index is 12.2. The highest BCUT2D eigenvalue weighted by molar-refractivity contribution is 4.93. The Hall–Kier alpha value is -0.530. The number of nitrogens with one attached hydrogen (secondary N) is 1. The van der Waals surface area contributed by atoms with Crippen molar-refractivity contribution in [2.24, 2.45) is 0 Å². The van der Waals surface area contributed by atoms with Crippen LogP contribution >= 0.6 is 0 Å². The third-order valence-corrected chi connectivity index (χ3v) is 1.34. The van der Waals surface area contributed by atoms with Gasteiger partial charge >= 0.3 is 17.9 Å². The first kappa shape index (κ1) is 12.5. The lowest BCUT2D eigenvalue weighted by Crippen LogP contribution is -2.60. The fraction of sp³-hybridized carbons (Fsp3) is 1.00. The monoisotopic (exact) mass is 213 g/mol. The minimum Gasteiger partial charge on any atom is -0.256 e. The van der Waals surface area contributed by atoms with Crippen LogP contribution in [0.25, 0.3) is 0 Å². The van der Waals surface area contributed by atoms with E-state index in [1.807, 2.05) is 0 Å². The van der Waals surface area contributed by atoms with Gasteiger partial charge in [-0.05, 0) is 7.05 Å². The summed E-state index contributed by atoms with van der Waals surface area (Å²) in [6.07, 6.45) is 0. The van der Waals surface area contributed by atoms with Gasteiger partial charge in [-0.3, -0.25) is 5.32 Å². The molecule has 0 fully saturated rings.